The van der Waals surface area contributed by atoms with E-state index in [-0.39, 0.29) is 0 Å². The maximum absolute atomic E-state index is 10.5. The van der Waals surface area contributed by atoms with Crippen LogP contribution in [0.2, 0.25) is 0 Å². The monoisotopic (exact) mass is 292 g/mol. The summed E-state index contributed by atoms with van der Waals surface area (Å²) in [6.07, 6.45) is 11.9. The molecule has 1 N–H and O–H groups in total. The topological polar surface area (TPSA) is 47.3 Å². The van der Waals surface area contributed by atoms with Crippen molar-refractivity contribution in [1.29, 1.82) is 0 Å². The molecule has 1 aromatic heterocycles. The molecule has 1 aliphatic carbocycles. The van der Waals surface area contributed by atoms with Crippen LogP contribution in [-0.2, 0) is 11.2 Å². The number of aliphatic hydroxyl groups excluding tert-OH is 1. The first-order valence-corrected chi connectivity index (χ1v) is 8.53. The van der Waals surface area contributed by atoms with Crippen LogP contribution in [0.4, 0.5) is 0 Å². The van der Waals surface area contributed by atoms with E-state index < -0.39 is 11.7 Å². The molecule has 0 aromatic carbocycles. The van der Waals surface area contributed by atoms with Crippen molar-refractivity contribution in [3.05, 3.63) is 18.0 Å². The zero-order chi connectivity index (χ0) is 14.7. The highest BCUT2D eigenvalue weighted by molar-refractivity contribution is 5.04. The molecular weight excluding hydrogens is 264 g/mol. The molecule has 1 aliphatic heterocycles. The van der Waals surface area contributed by atoms with E-state index in [0.29, 0.717) is 12.5 Å². The molecule has 1 saturated heterocycles. The van der Waals surface area contributed by atoms with Crippen molar-refractivity contribution < 1.29 is 9.84 Å². The molecular formula is C17H28N2O2. The van der Waals surface area contributed by atoms with Crippen LogP contribution in [0.25, 0.3) is 0 Å². The highest BCUT2D eigenvalue weighted by atomic mass is 16.5. The fourth-order valence-electron chi connectivity index (χ4n) is 3.67. The summed E-state index contributed by atoms with van der Waals surface area (Å²) in [5.74, 6) is 0. The molecule has 0 amide bonds. The average molecular weight is 292 g/mol. The highest BCUT2D eigenvalue weighted by Crippen LogP contribution is 2.30. The Morgan fingerprint density at radius 3 is 2.86 bits per heavy atom. The number of hydrogen-bond donors (Lipinski definition) is 1. The Kier molecular flexibility index (Phi) is 4.65. The van der Waals surface area contributed by atoms with Gasteiger partial charge in [0.2, 0.25) is 0 Å². The smallest absolute Gasteiger partial charge is 0.0916 e. The maximum Gasteiger partial charge on any atom is 0.0916 e. The van der Waals surface area contributed by atoms with Crippen molar-refractivity contribution in [2.45, 2.75) is 82.5 Å². The van der Waals surface area contributed by atoms with Gasteiger partial charge in [0, 0.05) is 19.2 Å². The van der Waals surface area contributed by atoms with Crippen LogP contribution in [0.3, 0.4) is 0 Å². The van der Waals surface area contributed by atoms with Gasteiger partial charge < -0.3 is 9.84 Å². The molecule has 21 heavy (non-hydrogen) atoms. The molecule has 118 valence electrons. The fraction of sp³-hybridized carbons (Fsp3) is 0.824. The summed E-state index contributed by atoms with van der Waals surface area (Å²) in [6, 6.07) is 2.62. The minimum atomic E-state index is -0.465. The number of ether oxygens (including phenoxy) is 1. The van der Waals surface area contributed by atoms with Gasteiger partial charge in [0.1, 0.15) is 0 Å². The van der Waals surface area contributed by atoms with Gasteiger partial charge in [0.05, 0.1) is 23.4 Å². The molecule has 4 nitrogen and oxygen atoms in total. The lowest BCUT2D eigenvalue weighted by Crippen LogP contribution is -2.45. The Morgan fingerprint density at radius 2 is 2.14 bits per heavy atom. The lowest BCUT2D eigenvalue weighted by molar-refractivity contribution is -0.135. The molecule has 3 rings (SSSR count). The van der Waals surface area contributed by atoms with Crippen molar-refractivity contribution in [1.82, 2.24) is 9.78 Å². The van der Waals surface area contributed by atoms with E-state index in [1.165, 1.54) is 32.1 Å². The predicted molar refractivity (Wildman–Crippen MR) is 82.3 cm³/mol. The summed E-state index contributed by atoms with van der Waals surface area (Å²) in [5.41, 5.74) is 0.593. The molecule has 0 bridgehead atoms. The first kappa shape index (κ1) is 15.0. The summed E-state index contributed by atoms with van der Waals surface area (Å²) in [7, 11) is 0. The molecule has 0 spiro atoms. The third-order valence-corrected chi connectivity index (χ3v) is 5.22. The molecule has 2 fully saturated rings. The number of nitrogens with zero attached hydrogens (tertiary/aromatic N) is 2. The van der Waals surface area contributed by atoms with Crippen LogP contribution < -0.4 is 0 Å². The molecule has 1 saturated carbocycles. The fourth-order valence-corrected chi connectivity index (χ4v) is 3.67. The van der Waals surface area contributed by atoms with E-state index in [1.807, 2.05) is 6.92 Å². The SMILES string of the molecule is CC1(C(O)Cc2ccn(C3CCCCC3)n2)CCCCO1. The zero-order valence-electron chi connectivity index (χ0n) is 13.1. The first-order chi connectivity index (χ1) is 10.2. The minimum Gasteiger partial charge on any atom is -0.390 e. The molecule has 1 aromatic rings. The van der Waals surface area contributed by atoms with Crippen LogP contribution in [0.1, 0.15) is 70.0 Å². The molecule has 0 radical (unpaired) electrons. The Bertz CT molecular complexity index is 445. The van der Waals surface area contributed by atoms with Crippen LogP contribution in [0.5, 0.6) is 0 Å². The number of rotatable bonds is 4. The number of aliphatic hydroxyl groups is 1. The van der Waals surface area contributed by atoms with E-state index in [9.17, 15) is 5.11 Å². The number of hydrogen-bond acceptors (Lipinski definition) is 3. The van der Waals surface area contributed by atoms with Crippen molar-refractivity contribution in [2.24, 2.45) is 0 Å². The second-order valence-electron chi connectivity index (χ2n) is 6.92. The third-order valence-electron chi connectivity index (χ3n) is 5.22. The summed E-state index contributed by atoms with van der Waals surface area (Å²) in [5, 5.41) is 15.2. The van der Waals surface area contributed by atoms with Gasteiger partial charge in [0.25, 0.3) is 0 Å². The van der Waals surface area contributed by atoms with Gasteiger partial charge in [-0.1, -0.05) is 19.3 Å². The second kappa shape index (κ2) is 6.49. The van der Waals surface area contributed by atoms with Crippen LogP contribution in [-0.4, -0.2) is 33.2 Å². The van der Waals surface area contributed by atoms with Crippen LogP contribution in [0, 0.1) is 0 Å². The van der Waals surface area contributed by atoms with Gasteiger partial charge in [-0.3, -0.25) is 4.68 Å². The Labute approximate surface area is 127 Å². The van der Waals surface area contributed by atoms with Gasteiger partial charge in [-0.15, -0.1) is 0 Å². The van der Waals surface area contributed by atoms with Crippen molar-refractivity contribution >= 4 is 0 Å². The van der Waals surface area contributed by atoms with Crippen molar-refractivity contribution in [3.8, 4) is 0 Å². The maximum atomic E-state index is 10.5. The first-order valence-electron chi connectivity index (χ1n) is 8.53. The molecule has 4 heteroatoms. The Balaban J connectivity index is 1.61. The molecule has 2 aliphatic rings. The van der Waals surface area contributed by atoms with E-state index in [1.54, 1.807) is 0 Å². The Hall–Kier alpha value is -0.870. The van der Waals surface area contributed by atoms with Gasteiger partial charge in [0.15, 0.2) is 0 Å². The van der Waals surface area contributed by atoms with E-state index in [2.05, 4.69) is 16.9 Å². The summed E-state index contributed by atoms with van der Waals surface area (Å²) >= 11 is 0. The van der Waals surface area contributed by atoms with E-state index >= 15 is 0 Å². The summed E-state index contributed by atoms with van der Waals surface area (Å²) in [6.45, 7) is 2.80. The van der Waals surface area contributed by atoms with Crippen molar-refractivity contribution in [3.63, 3.8) is 0 Å². The average Bonchev–Trinajstić information content (AvgIpc) is 2.97. The van der Waals surface area contributed by atoms with E-state index in [4.69, 9.17) is 9.84 Å². The van der Waals surface area contributed by atoms with Gasteiger partial charge in [-0.05, 0) is 45.1 Å². The van der Waals surface area contributed by atoms with Crippen molar-refractivity contribution in [2.75, 3.05) is 6.61 Å². The summed E-state index contributed by atoms with van der Waals surface area (Å²) < 4.78 is 7.95. The van der Waals surface area contributed by atoms with Crippen LogP contribution >= 0.6 is 0 Å². The van der Waals surface area contributed by atoms with Gasteiger partial charge in [-0.25, -0.2) is 0 Å². The van der Waals surface area contributed by atoms with Gasteiger partial charge in [-0.2, -0.15) is 5.10 Å². The molecule has 2 atom stereocenters. The minimum absolute atomic E-state index is 0.396. The molecule has 2 unspecified atom stereocenters. The predicted octanol–water partition coefficient (Wildman–Crippen LogP) is 3.25. The lowest BCUT2D eigenvalue weighted by Gasteiger charge is -2.37. The third kappa shape index (κ3) is 3.49. The largest absolute Gasteiger partial charge is 0.390 e. The van der Waals surface area contributed by atoms with Crippen LogP contribution in [0.15, 0.2) is 12.3 Å². The standard InChI is InChI=1S/C17H28N2O2/c1-17(10-5-6-12-21-17)16(20)13-14-9-11-19(18-14)15-7-3-2-4-8-15/h9,11,15-16,20H,2-8,10,12-13H2,1H3. The normalized spacial score (nSPS) is 29.4. The van der Waals surface area contributed by atoms with Gasteiger partial charge >= 0.3 is 0 Å². The summed E-state index contributed by atoms with van der Waals surface area (Å²) in [4.78, 5) is 0. The highest BCUT2D eigenvalue weighted by Gasteiger charge is 2.36. The molecule has 2 heterocycles. The Morgan fingerprint density at radius 1 is 1.33 bits per heavy atom. The lowest BCUT2D eigenvalue weighted by atomic mass is 9.88. The number of aromatic nitrogens is 2. The second-order valence-corrected chi connectivity index (χ2v) is 6.92. The zero-order valence-corrected chi connectivity index (χ0v) is 13.1. The van der Waals surface area contributed by atoms with E-state index in [0.717, 1.165) is 31.6 Å². The quantitative estimate of drug-likeness (QED) is 0.926.